The molecule has 166 valence electrons. The maximum atomic E-state index is 12.5. The Kier molecular flexibility index (Phi) is 7.87. The van der Waals surface area contributed by atoms with Crippen LogP contribution < -0.4 is 15.5 Å². The SMILES string of the molecule is CC(=O)NC(CC(=O)NCc1ccc(N2CC(C)OC(C)C2)nc1)c1ccc(Cl)cc1. The van der Waals surface area contributed by atoms with E-state index in [0.717, 1.165) is 30.0 Å². The van der Waals surface area contributed by atoms with Gasteiger partial charge in [0.2, 0.25) is 11.8 Å². The molecule has 0 radical (unpaired) electrons. The maximum Gasteiger partial charge on any atom is 0.222 e. The molecule has 0 bridgehead atoms. The zero-order valence-electron chi connectivity index (χ0n) is 18.1. The minimum atomic E-state index is -0.416. The Bertz CT molecular complexity index is 879. The van der Waals surface area contributed by atoms with Gasteiger partial charge in [0, 0.05) is 37.8 Å². The van der Waals surface area contributed by atoms with E-state index in [1.807, 2.05) is 24.3 Å². The number of ether oxygens (including phenoxy) is 1. The number of hydrogen-bond donors (Lipinski definition) is 2. The molecule has 7 nitrogen and oxygen atoms in total. The third-order valence-electron chi connectivity index (χ3n) is 5.08. The van der Waals surface area contributed by atoms with Crippen molar-refractivity contribution in [3.63, 3.8) is 0 Å². The molecule has 1 aromatic heterocycles. The van der Waals surface area contributed by atoms with Crippen LogP contribution in [0.15, 0.2) is 42.6 Å². The number of amides is 2. The summed E-state index contributed by atoms with van der Waals surface area (Å²) in [7, 11) is 0. The van der Waals surface area contributed by atoms with Gasteiger partial charge in [-0.15, -0.1) is 0 Å². The normalized spacial score (nSPS) is 19.5. The second kappa shape index (κ2) is 10.6. The molecule has 2 amide bonds. The van der Waals surface area contributed by atoms with Gasteiger partial charge in [-0.05, 0) is 43.2 Å². The van der Waals surface area contributed by atoms with E-state index in [1.54, 1.807) is 18.3 Å². The van der Waals surface area contributed by atoms with E-state index >= 15 is 0 Å². The minimum absolute atomic E-state index is 0.135. The van der Waals surface area contributed by atoms with Crippen LogP contribution in [0.25, 0.3) is 0 Å². The topological polar surface area (TPSA) is 83.6 Å². The molecule has 1 aromatic carbocycles. The summed E-state index contributed by atoms with van der Waals surface area (Å²) >= 11 is 5.94. The van der Waals surface area contributed by atoms with Crippen molar-refractivity contribution in [2.24, 2.45) is 0 Å². The van der Waals surface area contributed by atoms with Gasteiger partial charge in [-0.2, -0.15) is 0 Å². The van der Waals surface area contributed by atoms with Gasteiger partial charge in [-0.3, -0.25) is 9.59 Å². The van der Waals surface area contributed by atoms with Crippen molar-refractivity contribution >= 4 is 29.2 Å². The van der Waals surface area contributed by atoms with Gasteiger partial charge in [0.25, 0.3) is 0 Å². The molecular weight excluding hydrogens is 416 g/mol. The Morgan fingerprint density at radius 1 is 1.16 bits per heavy atom. The maximum absolute atomic E-state index is 12.5. The average Bonchev–Trinajstić information content (AvgIpc) is 2.72. The fourth-order valence-electron chi connectivity index (χ4n) is 3.72. The van der Waals surface area contributed by atoms with Crippen molar-refractivity contribution in [2.45, 2.75) is 52.0 Å². The third-order valence-corrected chi connectivity index (χ3v) is 5.33. The standard InChI is InChI=1S/C23H29ClN4O3/c1-15-13-28(14-16(2)31-15)22-9-4-18(11-25-22)12-26-23(30)10-21(27-17(3)29)19-5-7-20(24)8-6-19/h4-9,11,15-16,21H,10,12-14H2,1-3H3,(H,26,30)(H,27,29). The first-order chi connectivity index (χ1) is 14.8. The lowest BCUT2D eigenvalue weighted by Gasteiger charge is -2.36. The molecule has 1 aliphatic rings. The van der Waals surface area contributed by atoms with Crippen molar-refractivity contribution < 1.29 is 14.3 Å². The van der Waals surface area contributed by atoms with Gasteiger partial charge in [-0.25, -0.2) is 4.98 Å². The highest BCUT2D eigenvalue weighted by Gasteiger charge is 2.23. The Morgan fingerprint density at radius 3 is 2.42 bits per heavy atom. The highest BCUT2D eigenvalue weighted by Crippen LogP contribution is 2.20. The van der Waals surface area contributed by atoms with Crippen LogP contribution in [0.2, 0.25) is 5.02 Å². The fourth-order valence-corrected chi connectivity index (χ4v) is 3.85. The minimum Gasteiger partial charge on any atom is -0.372 e. The predicted octanol–water partition coefficient (Wildman–Crippen LogP) is 3.23. The molecule has 1 aliphatic heterocycles. The molecule has 2 heterocycles. The first-order valence-corrected chi connectivity index (χ1v) is 10.8. The summed E-state index contributed by atoms with van der Waals surface area (Å²) in [6.45, 7) is 7.54. The van der Waals surface area contributed by atoms with Crippen LogP contribution >= 0.6 is 11.6 Å². The summed E-state index contributed by atoms with van der Waals surface area (Å²) in [6, 6.07) is 10.6. The number of halogens is 1. The Labute approximate surface area is 188 Å². The lowest BCUT2D eigenvalue weighted by Crippen LogP contribution is -2.45. The number of nitrogens with zero attached hydrogens (tertiary/aromatic N) is 2. The van der Waals surface area contributed by atoms with E-state index in [-0.39, 0.29) is 30.4 Å². The Hall–Kier alpha value is -2.64. The van der Waals surface area contributed by atoms with Crippen LogP contribution in [-0.2, 0) is 20.9 Å². The largest absolute Gasteiger partial charge is 0.372 e. The third kappa shape index (κ3) is 6.94. The van der Waals surface area contributed by atoms with Crippen LogP contribution in [0.1, 0.15) is 44.4 Å². The summed E-state index contributed by atoms with van der Waals surface area (Å²) in [4.78, 5) is 30.8. The zero-order valence-corrected chi connectivity index (χ0v) is 18.9. The van der Waals surface area contributed by atoms with E-state index in [4.69, 9.17) is 16.3 Å². The number of hydrogen-bond acceptors (Lipinski definition) is 5. The number of carbonyl (C=O) groups is 2. The van der Waals surface area contributed by atoms with Gasteiger partial charge >= 0.3 is 0 Å². The predicted molar refractivity (Wildman–Crippen MR) is 121 cm³/mol. The number of pyridine rings is 1. The highest BCUT2D eigenvalue weighted by atomic mass is 35.5. The van der Waals surface area contributed by atoms with Crippen LogP contribution in [0.3, 0.4) is 0 Å². The van der Waals surface area contributed by atoms with Gasteiger partial charge in [0.15, 0.2) is 0 Å². The molecule has 3 rings (SSSR count). The number of carbonyl (C=O) groups excluding carboxylic acids is 2. The van der Waals surface area contributed by atoms with Crippen molar-refractivity contribution in [1.29, 1.82) is 0 Å². The lowest BCUT2D eigenvalue weighted by atomic mass is 10.0. The van der Waals surface area contributed by atoms with E-state index in [2.05, 4.69) is 34.4 Å². The first-order valence-electron chi connectivity index (χ1n) is 10.4. The molecule has 0 spiro atoms. The van der Waals surface area contributed by atoms with Crippen molar-refractivity contribution in [2.75, 3.05) is 18.0 Å². The summed E-state index contributed by atoms with van der Waals surface area (Å²) in [5.74, 6) is 0.554. The second-order valence-electron chi connectivity index (χ2n) is 7.97. The summed E-state index contributed by atoms with van der Waals surface area (Å²) in [6.07, 6.45) is 2.25. The van der Waals surface area contributed by atoms with E-state index < -0.39 is 6.04 Å². The van der Waals surface area contributed by atoms with Crippen molar-refractivity contribution in [3.05, 3.63) is 58.7 Å². The molecular formula is C23H29ClN4O3. The number of rotatable bonds is 7. The van der Waals surface area contributed by atoms with Crippen LogP contribution in [0.5, 0.6) is 0 Å². The summed E-state index contributed by atoms with van der Waals surface area (Å²) in [5.41, 5.74) is 1.74. The molecule has 8 heteroatoms. The number of benzene rings is 1. The fraction of sp³-hybridized carbons (Fsp3) is 0.435. The molecule has 0 saturated carbocycles. The Morgan fingerprint density at radius 2 is 1.84 bits per heavy atom. The summed E-state index contributed by atoms with van der Waals surface area (Å²) in [5, 5.41) is 6.34. The molecule has 31 heavy (non-hydrogen) atoms. The van der Waals surface area contributed by atoms with Crippen molar-refractivity contribution in [1.82, 2.24) is 15.6 Å². The van der Waals surface area contributed by atoms with E-state index in [9.17, 15) is 9.59 Å². The van der Waals surface area contributed by atoms with E-state index in [1.165, 1.54) is 6.92 Å². The number of aromatic nitrogens is 1. The molecule has 2 aromatic rings. The van der Waals surface area contributed by atoms with Gasteiger partial charge in [0.1, 0.15) is 5.82 Å². The quantitative estimate of drug-likeness (QED) is 0.685. The highest BCUT2D eigenvalue weighted by molar-refractivity contribution is 6.30. The number of nitrogens with one attached hydrogen (secondary N) is 2. The van der Waals surface area contributed by atoms with Gasteiger partial charge < -0.3 is 20.3 Å². The molecule has 3 atom stereocenters. The van der Waals surface area contributed by atoms with Crippen LogP contribution in [-0.4, -0.2) is 42.1 Å². The second-order valence-corrected chi connectivity index (χ2v) is 8.41. The monoisotopic (exact) mass is 444 g/mol. The van der Waals surface area contributed by atoms with Crippen molar-refractivity contribution in [3.8, 4) is 0 Å². The molecule has 3 unspecified atom stereocenters. The Balaban J connectivity index is 1.55. The number of morpholine rings is 1. The van der Waals surface area contributed by atoms with Gasteiger partial charge in [-0.1, -0.05) is 29.8 Å². The van der Waals surface area contributed by atoms with E-state index in [0.29, 0.717) is 11.6 Å². The summed E-state index contributed by atoms with van der Waals surface area (Å²) < 4.78 is 5.77. The van der Waals surface area contributed by atoms with Gasteiger partial charge in [0.05, 0.1) is 24.7 Å². The van der Waals surface area contributed by atoms with Crippen LogP contribution in [0, 0.1) is 0 Å². The number of anilines is 1. The smallest absolute Gasteiger partial charge is 0.222 e. The zero-order chi connectivity index (χ0) is 22.4. The first kappa shape index (κ1) is 23.0. The lowest BCUT2D eigenvalue weighted by molar-refractivity contribution is -0.122. The average molecular weight is 445 g/mol. The molecule has 1 fully saturated rings. The molecule has 2 N–H and O–H groups in total. The molecule has 1 saturated heterocycles. The van der Waals surface area contributed by atoms with Crippen LogP contribution in [0.4, 0.5) is 5.82 Å². The molecule has 0 aliphatic carbocycles.